The molecule has 0 saturated carbocycles. The third-order valence-electron chi connectivity index (χ3n) is 4.32. The summed E-state index contributed by atoms with van der Waals surface area (Å²) in [6.07, 6.45) is 1.43. The number of carboxylic acid groups (broad SMARTS) is 1. The summed E-state index contributed by atoms with van der Waals surface area (Å²) in [4.78, 5) is 25.4. The SMILES string of the molecule is COC(=O)c1cc(-c2ccccc2)cc(N2CCC[C@H]2C(=O)O)c1. The molecule has 124 valence electrons. The molecule has 1 aliphatic rings. The van der Waals surface area contributed by atoms with Crippen LogP contribution in [0.25, 0.3) is 11.1 Å². The quantitative estimate of drug-likeness (QED) is 0.875. The number of benzene rings is 2. The molecular formula is C19H19NO4. The zero-order chi connectivity index (χ0) is 17.1. The molecule has 5 heteroatoms. The summed E-state index contributed by atoms with van der Waals surface area (Å²) >= 11 is 0. The van der Waals surface area contributed by atoms with Gasteiger partial charge in [0.2, 0.25) is 0 Å². The molecule has 0 unspecified atom stereocenters. The number of carboxylic acids is 1. The molecule has 2 aromatic rings. The first-order valence-electron chi connectivity index (χ1n) is 7.88. The lowest BCUT2D eigenvalue weighted by molar-refractivity contribution is -0.138. The number of hydrogen-bond acceptors (Lipinski definition) is 4. The van der Waals surface area contributed by atoms with Crippen LogP contribution < -0.4 is 4.90 Å². The van der Waals surface area contributed by atoms with E-state index in [0.29, 0.717) is 18.5 Å². The van der Waals surface area contributed by atoms with Gasteiger partial charge in [0, 0.05) is 12.2 Å². The predicted molar refractivity (Wildman–Crippen MR) is 91.2 cm³/mol. The predicted octanol–water partition coefficient (Wildman–Crippen LogP) is 3.19. The highest BCUT2D eigenvalue weighted by molar-refractivity contribution is 5.93. The van der Waals surface area contributed by atoms with E-state index in [2.05, 4.69) is 0 Å². The Labute approximate surface area is 140 Å². The maximum absolute atomic E-state index is 12.0. The second-order valence-electron chi connectivity index (χ2n) is 5.82. The van der Waals surface area contributed by atoms with Crippen molar-refractivity contribution >= 4 is 17.6 Å². The van der Waals surface area contributed by atoms with E-state index in [9.17, 15) is 14.7 Å². The van der Waals surface area contributed by atoms with E-state index in [1.165, 1.54) is 7.11 Å². The maximum Gasteiger partial charge on any atom is 0.337 e. The minimum Gasteiger partial charge on any atom is -0.480 e. The standard InChI is InChI=1S/C19H19NO4/c1-24-19(23)15-10-14(13-6-3-2-4-7-13)11-16(12-15)20-9-5-8-17(20)18(21)22/h2-4,6-7,10-12,17H,5,8-9H2,1H3,(H,21,22)/t17-/m0/s1. The molecule has 24 heavy (non-hydrogen) atoms. The number of methoxy groups -OCH3 is 1. The fourth-order valence-corrected chi connectivity index (χ4v) is 3.14. The number of rotatable bonds is 4. The Balaban J connectivity index is 2.08. The molecule has 1 N–H and O–H groups in total. The van der Waals surface area contributed by atoms with Gasteiger partial charge < -0.3 is 14.7 Å². The van der Waals surface area contributed by atoms with Crippen LogP contribution in [0.1, 0.15) is 23.2 Å². The summed E-state index contributed by atoms with van der Waals surface area (Å²) < 4.78 is 4.85. The maximum atomic E-state index is 12.0. The average molecular weight is 325 g/mol. The van der Waals surface area contributed by atoms with E-state index in [1.54, 1.807) is 12.1 Å². The average Bonchev–Trinajstić information content (AvgIpc) is 3.11. The van der Waals surface area contributed by atoms with Crippen LogP contribution in [-0.2, 0) is 9.53 Å². The Morgan fingerprint density at radius 1 is 1.12 bits per heavy atom. The van der Waals surface area contributed by atoms with Crippen molar-refractivity contribution in [3.8, 4) is 11.1 Å². The smallest absolute Gasteiger partial charge is 0.337 e. The van der Waals surface area contributed by atoms with Gasteiger partial charge in [-0.3, -0.25) is 0 Å². The Kier molecular flexibility index (Phi) is 4.51. The summed E-state index contributed by atoms with van der Waals surface area (Å²) in [6.45, 7) is 0.663. The molecule has 0 bridgehead atoms. The van der Waals surface area contributed by atoms with Crippen molar-refractivity contribution in [1.29, 1.82) is 0 Å². The Morgan fingerprint density at radius 2 is 1.88 bits per heavy atom. The number of hydrogen-bond donors (Lipinski definition) is 1. The van der Waals surface area contributed by atoms with Crippen LogP contribution in [0.3, 0.4) is 0 Å². The highest BCUT2D eigenvalue weighted by atomic mass is 16.5. The van der Waals surface area contributed by atoms with Gasteiger partial charge in [-0.25, -0.2) is 9.59 Å². The zero-order valence-electron chi connectivity index (χ0n) is 13.4. The van der Waals surface area contributed by atoms with Crippen LogP contribution in [0, 0.1) is 0 Å². The van der Waals surface area contributed by atoms with Crippen LogP contribution in [-0.4, -0.2) is 36.7 Å². The minimum absolute atomic E-state index is 0.421. The second kappa shape index (κ2) is 6.74. The molecule has 1 atom stereocenters. The summed E-state index contributed by atoms with van der Waals surface area (Å²) in [5, 5.41) is 9.42. The fourth-order valence-electron chi connectivity index (χ4n) is 3.14. The third-order valence-corrected chi connectivity index (χ3v) is 4.32. The van der Waals surface area contributed by atoms with E-state index in [1.807, 2.05) is 41.3 Å². The molecule has 2 aromatic carbocycles. The van der Waals surface area contributed by atoms with Crippen LogP contribution in [0.5, 0.6) is 0 Å². The van der Waals surface area contributed by atoms with Crippen molar-refractivity contribution in [2.45, 2.75) is 18.9 Å². The molecule has 1 aliphatic heterocycles. The Hall–Kier alpha value is -2.82. The zero-order valence-corrected chi connectivity index (χ0v) is 13.4. The van der Waals surface area contributed by atoms with Crippen molar-refractivity contribution in [2.24, 2.45) is 0 Å². The molecular weight excluding hydrogens is 306 g/mol. The summed E-state index contributed by atoms with van der Waals surface area (Å²) in [6, 6.07) is 14.6. The Morgan fingerprint density at radius 3 is 2.54 bits per heavy atom. The van der Waals surface area contributed by atoms with Crippen LogP contribution in [0.15, 0.2) is 48.5 Å². The summed E-state index contributed by atoms with van der Waals surface area (Å²) in [7, 11) is 1.34. The van der Waals surface area contributed by atoms with Crippen molar-refractivity contribution in [3.05, 3.63) is 54.1 Å². The highest BCUT2D eigenvalue weighted by Crippen LogP contribution is 2.31. The minimum atomic E-state index is -0.836. The van der Waals surface area contributed by atoms with Crippen molar-refractivity contribution < 1.29 is 19.4 Å². The van der Waals surface area contributed by atoms with Gasteiger partial charge in [-0.15, -0.1) is 0 Å². The van der Waals surface area contributed by atoms with E-state index >= 15 is 0 Å². The molecule has 0 radical (unpaired) electrons. The number of carbonyl (C=O) groups excluding carboxylic acids is 1. The molecule has 0 amide bonds. The van der Waals surface area contributed by atoms with Crippen LogP contribution in [0.4, 0.5) is 5.69 Å². The molecule has 0 aliphatic carbocycles. The first-order valence-corrected chi connectivity index (χ1v) is 7.88. The lowest BCUT2D eigenvalue weighted by atomic mass is 10.0. The highest BCUT2D eigenvalue weighted by Gasteiger charge is 2.31. The van der Waals surface area contributed by atoms with Crippen molar-refractivity contribution in [3.63, 3.8) is 0 Å². The number of carbonyl (C=O) groups is 2. The molecule has 1 saturated heterocycles. The van der Waals surface area contributed by atoms with Gasteiger partial charge in [-0.2, -0.15) is 0 Å². The van der Waals surface area contributed by atoms with Crippen LogP contribution in [0.2, 0.25) is 0 Å². The number of ether oxygens (including phenoxy) is 1. The second-order valence-corrected chi connectivity index (χ2v) is 5.82. The van der Waals surface area contributed by atoms with Gasteiger partial charge in [-0.05, 0) is 42.2 Å². The summed E-state index contributed by atoms with van der Waals surface area (Å²) in [5.74, 6) is -1.27. The van der Waals surface area contributed by atoms with Gasteiger partial charge in [-0.1, -0.05) is 30.3 Å². The van der Waals surface area contributed by atoms with E-state index in [4.69, 9.17) is 4.74 Å². The number of nitrogens with zero attached hydrogens (tertiary/aromatic N) is 1. The normalized spacial score (nSPS) is 16.9. The van der Waals surface area contributed by atoms with E-state index < -0.39 is 18.0 Å². The lowest BCUT2D eigenvalue weighted by Crippen LogP contribution is -2.36. The molecule has 5 nitrogen and oxygen atoms in total. The molecule has 0 aromatic heterocycles. The molecule has 3 rings (SSSR count). The fraction of sp³-hybridized carbons (Fsp3) is 0.263. The van der Waals surface area contributed by atoms with E-state index in [0.717, 1.165) is 23.2 Å². The molecule has 1 fully saturated rings. The molecule has 0 spiro atoms. The number of anilines is 1. The third kappa shape index (κ3) is 3.11. The first-order chi connectivity index (χ1) is 11.6. The van der Waals surface area contributed by atoms with Gasteiger partial charge in [0.25, 0.3) is 0 Å². The largest absolute Gasteiger partial charge is 0.480 e. The van der Waals surface area contributed by atoms with Gasteiger partial charge in [0.05, 0.1) is 12.7 Å². The topological polar surface area (TPSA) is 66.8 Å². The lowest BCUT2D eigenvalue weighted by Gasteiger charge is -2.25. The van der Waals surface area contributed by atoms with Gasteiger partial charge in [0.1, 0.15) is 6.04 Å². The number of esters is 1. The molecule has 1 heterocycles. The van der Waals surface area contributed by atoms with Gasteiger partial charge >= 0.3 is 11.9 Å². The Bertz CT molecular complexity index is 757. The number of aliphatic carboxylic acids is 1. The van der Waals surface area contributed by atoms with Crippen molar-refractivity contribution in [1.82, 2.24) is 0 Å². The van der Waals surface area contributed by atoms with Crippen LogP contribution >= 0.6 is 0 Å². The monoisotopic (exact) mass is 325 g/mol. The summed E-state index contributed by atoms with van der Waals surface area (Å²) in [5.41, 5.74) is 2.99. The first kappa shape index (κ1) is 16.1. The van der Waals surface area contributed by atoms with Crippen molar-refractivity contribution in [2.75, 3.05) is 18.6 Å². The van der Waals surface area contributed by atoms with Gasteiger partial charge in [0.15, 0.2) is 0 Å². The van der Waals surface area contributed by atoms with E-state index in [-0.39, 0.29) is 0 Å².